The number of benzene rings is 1. The number of imide groups is 1. The van der Waals surface area contributed by atoms with Crippen molar-refractivity contribution in [1.29, 1.82) is 0 Å². The highest BCUT2D eigenvalue weighted by atomic mass is 16.2. The highest BCUT2D eigenvalue weighted by Crippen LogP contribution is 2.31. The summed E-state index contributed by atoms with van der Waals surface area (Å²) in [5.74, 6) is -0.325. The molecule has 1 unspecified atom stereocenters. The molecule has 1 aliphatic heterocycles. The van der Waals surface area contributed by atoms with Crippen molar-refractivity contribution in [3.63, 3.8) is 0 Å². The minimum Gasteiger partial charge on any atom is -0.383 e. The Hall–Kier alpha value is -2.37. The molecule has 1 heterocycles. The Morgan fingerprint density at radius 1 is 1.28 bits per heavy atom. The van der Waals surface area contributed by atoms with Gasteiger partial charge in [-0.1, -0.05) is 19.9 Å². The zero-order chi connectivity index (χ0) is 19.0. The lowest BCUT2D eigenvalue weighted by molar-refractivity contribution is -0.125. The first-order valence-corrected chi connectivity index (χ1v) is 8.86. The normalized spacial score (nSPS) is 13.7. The molecule has 0 aliphatic carbocycles. The first-order valence-electron chi connectivity index (χ1n) is 8.86. The van der Waals surface area contributed by atoms with Crippen molar-refractivity contribution in [3.8, 4) is 0 Å². The summed E-state index contributed by atoms with van der Waals surface area (Å²) in [7, 11) is 0. The lowest BCUT2D eigenvalue weighted by Crippen LogP contribution is -2.34. The van der Waals surface area contributed by atoms with E-state index in [0.717, 1.165) is 16.8 Å². The van der Waals surface area contributed by atoms with Gasteiger partial charge in [-0.05, 0) is 39.3 Å². The fourth-order valence-corrected chi connectivity index (χ4v) is 2.79. The van der Waals surface area contributed by atoms with Crippen LogP contribution in [0.4, 0.5) is 5.69 Å². The largest absolute Gasteiger partial charge is 0.383 e. The molecule has 0 aromatic heterocycles. The summed E-state index contributed by atoms with van der Waals surface area (Å²) in [6.07, 6.45) is 1.12. The Labute approximate surface area is 150 Å². The van der Waals surface area contributed by atoms with Crippen LogP contribution in [0.3, 0.4) is 0 Å². The van der Waals surface area contributed by atoms with E-state index in [2.05, 4.69) is 24.5 Å². The topological polar surface area (TPSA) is 78.5 Å². The predicted molar refractivity (Wildman–Crippen MR) is 99.3 cm³/mol. The minimum absolute atomic E-state index is 0.00398. The van der Waals surface area contributed by atoms with Gasteiger partial charge in [0.05, 0.1) is 0 Å². The van der Waals surface area contributed by atoms with Gasteiger partial charge in [-0.2, -0.15) is 0 Å². The molecule has 1 atom stereocenters. The number of hydrogen-bond acceptors (Lipinski definition) is 4. The summed E-state index contributed by atoms with van der Waals surface area (Å²) in [6.45, 7) is 10.6. The molecule has 6 heteroatoms. The van der Waals surface area contributed by atoms with Gasteiger partial charge in [0.15, 0.2) is 0 Å². The molecule has 2 N–H and O–H groups in total. The van der Waals surface area contributed by atoms with Crippen LogP contribution in [-0.2, 0) is 16.1 Å². The van der Waals surface area contributed by atoms with Crippen LogP contribution in [0.1, 0.15) is 63.4 Å². The molecule has 0 spiro atoms. The molecule has 0 saturated carbocycles. The van der Waals surface area contributed by atoms with Gasteiger partial charge in [-0.15, -0.1) is 0 Å². The van der Waals surface area contributed by atoms with E-state index >= 15 is 0 Å². The van der Waals surface area contributed by atoms with Crippen LogP contribution in [0.15, 0.2) is 18.2 Å². The number of anilines is 1. The molecule has 0 bridgehead atoms. The second-order valence-electron chi connectivity index (χ2n) is 6.14. The molecule has 2 rings (SSSR count). The molecule has 1 aromatic carbocycles. The van der Waals surface area contributed by atoms with E-state index in [1.165, 1.54) is 0 Å². The van der Waals surface area contributed by atoms with Gasteiger partial charge >= 0.3 is 0 Å². The van der Waals surface area contributed by atoms with Gasteiger partial charge in [0.25, 0.3) is 5.91 Å². The number of hydrogen-bond donors (Lipinski definition) is 2. The van der Waals surface area contributed by atoms with E-state index in [4.69, 9.17) is 0 Å². The van der Waals surface area contributed by atoms with Gasteiger partial charge in [0.2, 0.25) is 12.3 Å². The first-order chi connectivity index (χ1) is 11.9. The Kier molecular flexibility index (Phi) is 8.11. The third kappa shape index (κ3) is 5.31. The maximum Gasteiger partial charge on any atom is 0.254 e. The van der Waals surface area contributed by atoms with Crippen molar-refractivity contribution in [2.24, 2.45) is 0 Å². The molecule has 3 amide bonds. The van der Waals surface area contributed by atoms with Gasteiger partial charge < -0.3 is 10.2 Å². The SMILES string of the molecule is CC.CC(C)Nc1cccc2c1CN(C(C)CCC(=O)NC=O)C2=O. The van der Waals surface area contributed by atoms with E-state index in [1.807, 2.05) is 39.0 Å². The number of fused-ring (bicyclic) bond motifs is 1. The number of amides is 3. The van der Waals surface area contributed by atoms with E-state index < -0.39 is 0 Å². The molecular formula is C19H29N3O3. The second kappa shape index (κ2) is 9.81. The minimum atomic E-state index is -0.321. The molecule has 1 aromatic rings. The molecule has 6 nitrogen and oxygen atoms in total. The van der Waals surface area contributed by atoms with Crippen LogP contribution < -0.4 is 10.6 Å². The lowest BCUT2D eigenvalue weighted by atomic mass is 10.1. The van der Waals surface area contributed by atoms with Crippen molar-refractivity contribution < 1.29 is 14.4 Å². The van der Waals surface area contributed by atoms with Crippen LogP contribution in [0.5, 0.6) is 0 Å². The van der Waals surface area contributed by atoms with Crippen LogP contribution >= 0.6 is 0 Å². The highest BCUT2D eigenvalue weighted by molar-refractivity contribution is 6.00. The molecular weight excluding hydrogens is 318 g/mol. The fraction of sp³-hybridized carbons (Fsp3) is 0.526. The fourth-order valence-electron chi connectivity index (χ4n) is 2.79. The first kappa shape index (κ1) is 20.7. The second-order valence-corrected chi connectivity index (χ2v) is 6.14. The summed E-state index contributed by atoms with van der Waals surface area (Å²) in [5, 5.41) is 5.49. The summed E-state index contributed by atoms with van der Waals surface area (Å²) in [4.78, 5) is 36.0. The van der Waals surface area contributed by atoms with E-state index in [1.54, 1.807) is 4.90 Å². The quantitative estimate of drug-likeness (QED) is 0.743. The maximum absolute atomic E-state index is 12.6. The maximum atomic E-state index is 12.6. The van der Waals surface area contributed by atoms with Crippen molar-refractivity contribution in [2.75, 3.05) is 5.32 Å². The molecule has 25 heavy (non-hydrogen) atoms. The predicted octanol–water partition coefficient (Wildman–Crippen LogP) is 2.93. The summed E-state index contributed by atoms with van der Waals surface area (Å²) < 4.78 is 0. The average molecular weight is 347 g/mol. The monoisotopic (exact) mass is 347 g/mol. The molecule has 0 radical (unpaired) electrons. The zero-order valence-electron chi connectivity index (χ0n) is 15.8. The number of nitrogens with one attached hydrogen (secondary N) is 2. The van der Waals surface area contributed by atoms with Crippen molar-refractivity contribution in [3.05, 3.63) is 29.3 Å². The number of carbonyl (C=O) groups is 3. The van der Waals surface area contributed by atoms with E-state index in [9.17, 15) is 14.4 Å². The Morgan fingerprint density at radius 2 is 1.96 bits per heavy atom. The summed E-state index contributed by atoms with van der Waals surface area (Å²) in [6, 6.07) is 5.93. The average Bonchev–Trinajstić information content (AvgIpc) is 2.93. The van der Waals surface area contributed by atoms with Gasteiger partial charge in [-0.3, -0.25) is 19.7 Å². The van der Waals surface area contributed by atoms with Crippen molar-refractivity contribution in [1.82, 2.24) is 10.2 Å². The Morgan fingerprint density at radius 3 is 2.56 bits per heavy atom. The van der Waals surface area contributed by atoms with Gasteiger partial charge in [0, 0.05) is 41.9 Å². The smallest absolute Gasteiger partial charge is 0.254 e. The molecule has 0 fully saturated rings. The third-order valence-electron chi connectivity index (χ3n) is 3.98. The number of carbonyl (C=O) groups excluding carboxylic acids is 3. The third-order valence-corrected chi connectivity index (χ3v) is 3.98. The van der Waals surface area contributed by atoms with Crippen LogP contribution in [0.25, 0.3) is 0 Å². The lowest BCUT2D eigenvalue weighted by Gasteiger charge is -2.24. The standard InChI is InChI=1S/C17H23N3O3.C2H6/c1-11(2)19-15-6-4-5-13-14(15)9-20(17(13)23)12(3)7-8-16(22)18-10-21;1-2/h4-6,10-12,19H,7-9H2,1-3H3,(H,18,21,22);1-2H3. The highest BCUT2D eigenvalue weighted by Gasteiger charge is 2.32. The Bertz CT molecular complexity index is 614. The molecule has 1 aliphatic rings. The van der Waals surface area contributed by atoms with Crippen LogP contribution in [0.2, 0.25) is 0 Å². The van der Waals surface area contributed by atoms with Gasteiger partial charge in [-0.25, -0.2) is 0 Å². The van der Waals surface area contributed by atoms with Crippen molar-refractivity contribution in [2.45, 2.75) is 66.1 Å². The molecule has 0 saturated heterocycles. The summed E-state index contributed by atoms with van der Waals surface area (Å²) >= 11 is 0. The zero-order valence-corrected chi connectivity index (χ0v) is 15.8. The summed E-state index contributed by atoms with van der Waals surface area (Å²) in [5.41, 5.74) is 2.72. The number of nitrogens with zero attached hydrogens (tertiary/aromatic N) is 1. The van der Waals surface area contributed by atoms with Crippen molar-refractivity contribution >= 4 is 23.9 Å². The van der Waals surface area contributed by atoms with Gasteiger partial charge in [0.1, 0.15) is 0 Å². The van der Waals surface area contributed by atoms with Crippen LogP contribution in [-0.4, -0.2) is 35.2 Å². The molecule has 138 valence electrons. The van der Waals surface area contributed by atoms with Crippen LogP contribution in [0, 0.1) is 0 Å². The number of rotatable bonds is 7. The Balaban J connectivity index is 0.00000151. The van der Waals surface area contributed by atoms with E-state index in [0.29, 0.717) is 19.4 Å². The van der Waals surface area contributed by atoms with E-state index in [-0.39, 0.29) is 30.3 Å².